The monoisotopic (exact) mass is 317 g/mol. The molecule has 2 nitrogen and oxygen atoms in total. The van der Waals surface area contributed by atoms with Crippen molar-refractivity contribution in [2.45, 2.75) is 20.0 Å². The SMILES string of the molecule is Cc1ccc(C)c(C2CNc3cccc(Br)c3O2)c1. The summed E-state index contributed by atoms with van der Waals surface area (Å²) in [6, 6.07) is 12.6. The van der Waals surface area contributed by atoms with Crippen LogP contribution in [0.5, 0.6) is 5.75 Å². The third-order valence-electron chi connectivity index (χ3n) is 3.49. The molecule has 2 aromatic rings. The molecule has 0 saturated carbocycles. The predicted octanol–water partition coefficient (Wildman–Crippen LogP) is 4.61. The Morgan fingerprint density at radius 1 is 1.21 bits per heavy atom. The van der Waals surface area contributed by atoms with Gasteiger partial charge in [0, 0.05) is 0 Å². The molecule has 2 aromatic carbocycles. The zero-order valence-electron chi connectivity index (χ0n) is 11.0. The molecule has 0 spiro atoms. The Morgan fingerprint density at radius 3 is 2.89 bits per heavy atom. The minimum atomic E-state index is 0.0612. The lowest BCUT2D eigenvalue weighted by Gasteiger charge is -2.29. The topological polar surface area (TPSA) is 21.3 Å². The van der Waals surface area contributed by atoms with Crippen LogP contribution in [0.3, 0.4) is 0 Å². The van der Waals surface area contributed by atoms with E-state index in [0.717, 1.165) is 22.5 Å². The molecule has 0 radical (unpaired) electrons. The van der Waals surface area contributed by atoms with Crippen molar-refractivity contribution in [1.29, 1.82) is 0 Å². The Labute approximate surface area is 121 Å². The fraction of sp³-hybridized carbons (Fsp3) is 0.250. The van der Waals surface area contributed by atoms with Gasteiger partial charge in [-0.25, -0.2) is 0 Å². The lowest BCUT2D eigenvalue weighted by molar-refractivity contribution is 0.208. The van der Waals surface area contributed by atoms with Gasteiger partial charge < -0.3 is 10.1 Å². The summed E-state index contributed by atoms with van der Waals surface area (Å²) in [4.78, 5) is 0. The standard InChI is InChI=1S/C16H16BrNO/c1-10-6-7-11(2)12(8-10)15-9-18-14-5-3-4-13(17)16(14)19-15/h3-8,15,18H,9H2,1-2H3. The summed E-state index contributed by atoms with van der Waals surface area (Å²) in [6.45, 7) is 5.05. The highest BCUT2D eigenvalue weighted by Gasteiger charge is 2.23. The molecule has 0 saturated heterocycles. The van der Waals surface area contributed by atoms with E-state index >= 15 is 0 Å². The van der Waals surface area contributed by atoms with Gasteiger partial charge >= 0.3 is 0 Å². The quantitative estimate of drug-likeness (QED) is 0.829. The van der Waals surface area contributed by atoms with Gasteiger partial charge in [-0.05, 0) is 53.0 Å². The van der Waals surface area contributed by atoms with E-state index in [2.05, 4.69) is 53.3 Å². The van der Waals surface area contributed by atoms with Crippen molar-refractivity contribution in [3.8, 4) is 5.75 Å². The Bertz CT molecular complexity index is 624. The number of hydrogen-bond donors (Lipinski definition) is 1. The predicted molar refractivity (Wildman–Crippen MR) is 81.9 cm³/mol. The second-order valence-electron chi connectivity index (χ2n) is 4.96. The van der Waals surface area contributed by atoms with Gasteiger partial charge in [0.05, 0.1) is 16.7 Å². The van der Waals surface area contributed by atoms with Crippen molar-refractivity contribution >= 4 is 21.6 Å². The molecule has 1 heterocycles. The Kier molecular flexibility index (Phi) is 3.23. The normalized spacial score (nSPS) is 17.3. The molecule has 98 valence electrons. The van der Waals surface area contributed by atoms with Crippen LogP contribution in [-0.2, 0) is 0 Å². The summed E-state index contributed by atoms with van der Waals surface area (Å²) in [5, 5.41) is 3.44. The van der Waals surface area contributed by atoms with Gasteiger partial charge in [0.2, 0.25) is 0 Å². The lowest BCUT2D eigenvalue weighted by Crippen LogP contribution is -2.24. The van der Waals surface area contributed by atoms with Crippen molar-refractivity contribution in [3.05, 3.63) is 57.6 Å². The summed E-state index contributed by atoms with van der Waals surface area (Å²) in [5.41, 5.74) is 4.85. The van der Waals surface area contributed by atoms with Crippen LogP contribution < -0.4 is 10.1 Å². The van der Waals surface area contributed by atoms with Crippen molar-refractivity contribution in [3.63, 3.8) is 0 Å². The van der Waals surface area contributed by atoms with Gasteiger partial charge in [-0.1, -0.05) is 29.8 Å². The molecule has 1 aliphatic rings. The molecule has 0 fully saturated rings. The van der Waals surface area contributed by atoms with Crippen molar-refractivity contribution in [2.75, 3.05) is 11.9 Å². The number of para-hydroxylation sites is 1. The van der Waals surface area contributed by atoms with E-state index in [9.17, 15) is 0 Å². The second-order valence-corrected chi connectivity index (χ2v) is 5.82. The highest BCUT2D eigenvalue weighted by atomic mass is 79.9. The lowest BCUT2D eigenvalue weighted by atomic mass is 9.99. The number of rotatable bonds is 1. The molecule has 3 rings (SSSR count). The molecule has 1 atom stereocenters. The number of halogens is 1. The van der Waals surface area contributed by atoms with Gasteiger partial charge in [-0.2, -0.15) is 0 Å². The maximum Gasteiger partial charge on any atom is 0.157 e. The van der Waals surface area contributed by atoms with Gasteiger partial charge in [-0.3, -0.25) is 0 Å². The zero-order valence-corrected chi connectivity index (χ0v) is 12.6. The molecule has 0 aliphatic carbocycles. The van der Waals surface area contributed by atoms with Crippen LogP contribution in [-0.4, -0.2) is 6.54 Å². The number of hydrogen-bond acceptors (Lipinski definition) is 2. The van der Waals surface area contributed by atoms with Crippen LogP contribution in [0.4, 0.5) is 5.69 Å². The summed E-state index contributed by atoms with van der Waals surface area (Å²) >= 11 is 3.55. The fourth-order valence-corrected chi connectivity index (χ4v) is 2.89. The zero-order chi connectivity index (χ0) is 13.4. The second kappa shape index (κ2) is 4.89. The average molecular weight is 318 g/mol. The third kappa shape index (κ3) is 2.35. The highest BCUT2D eigenvalue weighted by Crippen LogP contribution is 2.40. The molecule has 1 aliphatic heterocycles. The maximum absolute atomic E-state index is 6.18. The van der Waals surface area contributed by atoms with E-state index in [4.69, 9.17) is 4.74 Å². The first-order valence-corrected chi connectivity index (χ1v) is 7.20. The number of aryl methyl sites for hydroxylation is 2. The molecular weight excluding hydrogens is 302 g/mol. The van der Waals surface area contributed by atoms with Gasteiger partial charge in [-0.15, -0.1) is 0 Å². The van der Waals surface area contributed by atoms with Crippen molar-refractivity contribution in [1.82, 2.24) is 0 Å². The number of nitrogens with one attached hydrogen (secondary N) is 1. The van der Waals surface area contributed by atoms with Crippen LogP contribution in [0, 0.1) is 13.8 Å². The number of ether oxygens (including phenoxy) is 1. The van der Waals surface area contributed by atoms with E-state index in [1.807, 2.05) is 18.2 Å². The smallest absolute Gasteiger partial charge is 0.157 e. The van der Waals surface area contributed by atoms with Crippen molar-refractivity contribution in [2.24, 2.45) is 0 Å². The van der Waals surface area contributed by atoms with Gasteiger partial charge in [0.25, 0.3) is 0 Å². The van der Waals surface area contributed by atoms with E-state index in [1.54, 1.807) is 0 Å². The molecule has 0 amide bonds. The summed E-state index contributed by atoms with van der Waals surface area (Å²) in [5.74, 6) is 0.902. The minimum Gasteiger partial charge on any atom is -0.481 e. The first-order valence-electron chi connectivity index (χ1n) is 6.41. The van der Waals surface area contributed by atoms with E-state index in [0.29, 0.717) is 0 Å². The first kappa shape index (κ1) is 12.5. The number of anilines is 1. The van der Waals surface area contributed by atoms with Crippen LogP contribution in [0.1, 0.15) is 22.8 Å². The van der Waals surface area contributed by atoms with E-state index in [-0.39, 0.29) is 6.10 Å². The molecule has 0 aromatic heterocycles. The third-order valence-corrected chi connectivity index (χ3v) is 4.11. The molecule has 19 heavy (non-hydrogen) atoms. The van der Waals surface area contributed by atoms with E-state index in [1.165, 1.54) is 16.7 Å². The average Bonchev–Trinajstić information content (AvgIpc) is 2.42. The Balaban J connectivity index is 1.97. The van der Waals surface area contributed by atoms with Crippen LogP contribution >= 0.6 is 15.9 Å². The first-order chi connectivity index (χ1) is 9.15. The highest BCUT2D eigenvalue weighted by molar-refractivity contribution is 9.10. The molecule has 1 N–H and O–H groups in total. The minimum absolute atomic E-state index is 0.0612. The van der Waals surface area contributed by atoms with Crippen LogP contribution in [0.2, 0.25) is 0 Å². The Morgan fingerprint density at radius 2 is 2.05 bits per heavy atom. The van der Waals surface area contributed by atoms with E-state index < -0.39 is 0 Å². The number of fused-ring (bicyclic) bond motifs is 1. The number of benzene rings is 2. The summed E-state index contributed by atoms with van der Waals surface area (Å²) in [6.07, 6.45) is 0.0612. The fourth-order valence-electron chi connectivity index (χ4n) is 2.43. The largest absolute Gasteiger partial charge is 0.481 e. The summed E-state index contributed by atoms with van der Waals surface area (Å²) in [7, 11) is 0. The van der Waals surface area contributed by atoms with Gasteiger partial charge in [0.15, 0.2) is 5.75 Å². The molecule has 1 unspecified atom stereocenters. The summed E-state index contributed by atoms with van der Waals surface area (Å²) < 4.78 is 7.17. The van der Waals surface area contributed by atoms with Gasteiger partial charge in [0.1, 0.15) is 6.10 Å². The van der Waals surface area contributed by atoms with Crippen molar-refractivity contribution < 1.29 is 4.74 Å². The maximum atomic E-state index is 6.18. The molecular formula is C16H16BrNO. The van der Waals surface area contributed by atoms with Crippen LogP contribution in [0.25, 0.3) is 0 Å². The van der Waals surface area contributed by atoms with Crippen LogP contribution in [0.15, 0.2) is 40.9 Å². The Hall–Kier alpha value is -1.48. The molecule has 0 bridgehead atoms. The molecule has 3 heteroatoms.